The summed E-state index contributed by atoms with van der Waals surface area (Å²) in [4.78, 5) is 10.8. The van der Waals surface area contributed by atoms with Gasteiger partial charge in [-0.1, -0.05) is 25.7 Å². The van der Waals surface area contributed by atoms with Crippen molar-refractivity contribution in [2.75, 3.05) is 26.4 Å². The maximum absolute atomic E-state index is 10.8. The van der Waals surface area contributed by atoms with E-state index in [9.17, 15) is 4.79 Å². The van der Waals surface area contributed by atoms with E-state index in [0.717, 1.165) is 25.7 Å². The van der Waals surface area contributed by atoms with Crippen LogP contribution in [0.2, 0.25) is 0 Å². The van der Waals surface area contributed by atoms with Gasteiger partial charge in [0.1, 0.15) is 0 Å². The van der Waals surface area contributed by atoms with E-state index in [1.165, 1.54) is 12.8 Å². The molecule has 0 spiro atoms. The first-order chi connectivity index (χ1) is 7.81. The molecule has 0 atom stereocenters. The first kappa shape index (κ1) is 15.2. The molecule has 0 saturated carbocycles. The Labute approximate surface area is 96.4 Å². The molecular formula is C11H22O5. The van der Waals surface area contributed by atoms with Gasteiger partial charge in [0.25, 0.3) is 0 Å². The molecule has 5 nitrogen and oxygen atoms in total. The van der Waals surface area contributed by atoms with Gasteiger partial charge in [-0.3, -0.25) is 0 Å². The lowest BCUT2D eigenvalue weighted by atomic mass is 10.1. The Bertz CT molecular complexity index is 144. The largest absolute Gasteiger partial charge is 0.508 e. The summed E-state index contributed by atoms with van der Waals surface area (Å²) in [5.41, 5.74) is 0. The van der Waals surface area contributed by atoms with Crippen LogP contribution in [0.5, 0.6) is 0 Å². The number of ether oxygens (including phenoxy) is 2. The smallest absolute Gasteiger partial charge is 0.434 e. The van der Waals surface area contributed by atoms with Crippen molar-refractivity contribution in [2.45, 2.75) is 38.5 Å². The minimum Gasteiger partial charge on any atom is -0.434 e. The summed E-state index contributed by atoms with van der Waals surface area (Å²) in [6.07, 6.45) is 6.25. The summed E-state index contributed by atoms with van der Waals surface area (Å²) in [6.45, 7) is 0.775. The minimum absolute atomic E-state index is 0.125. The van der Waals surface area contributed by atoms with Crippen molar-refractivity contribution in [1.82, 2.24) is 0 Å². The van der Waals surface area contributed by atoms with Gasteiger partial charge in [0.2, 0.25) is 0 Å². The number of hydrogen-bond donors (Lipinski definition) is 2. The van der Waals surface area contributed by atoms with Gasteiger partial charge in [0.05, 0.1) is 26.4 Å². The summed E-state index contributed by atoms with van der Waals surface area (Å²) >= 11 is 0. The normalized spacial score (nSPS) is 18.2. The van der Waals surface area contributed by atoms with Crippen LogP contribution >= 0.6 is 0 Å². The molecule has 0 aromatic rings. The van der Waals surface area contributed by atoms with E-state index in [2.05, 4.69) is 0 Å². The fourth-order valence-electron chi connectivity index (χ4n) is 1.26. The molecular weight excluding hydrogens is 212 g/mol. The first-order valence-corrected chi connectivity index (χ1v) is 5.82. The van der Waals surface area contributed by atoms with Gasteiger partial charge in [-0.05, 0) is 12.8 Å². The Morgan fingerprint density at radius 3 is 1.56 bits per heavy atom. The van der Waals surface area contributed by atoms with E-state index >= 15 is 0 Å². The predicted octanol–water partition coefficient (Wildman–Crippen LogP) is 1.46. The summed E-state index contributed by atoms with van der Waals surface area (Å²) in [5, 5.41) is 15.2. The molecule has 1 rings (SSSR count). The van der Waals surface area contributed by atoms with Gasteiger partial charge in [-0.25, -0.2) is 4.79 Å². The van der Waals surface area contributed by atoms with E-state index in [1.54, 1.807) is 0 Å². The van der Waals surface area contributed by atoms with Gasteiger partial charge in [-0.2, -0.15) is 0 Å². The monoisotopic (exact) mass is 234 g/mol. The zero-order chi connectivity index (χ0) is 12.1. The van der Waals surface area contributed by atoms with Crippen molar-refractivity contribution in [3.05, 3.63) is 0 Å². The van der Waals surface area contributed by atoms with Gasteiger partial charge in [0, 0.05) is 0 Å². The van der Waals surface area contributed by atoms with Crippen molar-refractivity contribution >= 4 is 6.16 Å². The van der Waals surface area contributed by atoms with Crippen LogP contribution < -0.4 is 0 Å². The third kappa shape index (κ3) is 11.3. The molecule has 0 unspecified atom stereocenters. The Hall–Kier alpha value is -0.810. The number of cyclic esters (lactones) is 2. The zero-order valence-electron chi connectivity index (χ0n) is 9.69. The van der Waals surface area contributed by atoms with Crippen molar-refractivity contribution in [3.63, 3.8) is 0 Å². The van der Waals surface area contributed by atoms with Crippen LogP contribution in [0.4, 0.5) is 4.79 Å². The highest BCUT2D eigenvalue weighted by atomic mass is 16.7. The fraction of sp³-hybridized carbons (Fsp3) is 0.909. The molecule has 0 aliphatic carbocycles. The average molecular weight is 234 g/mol. The lowest BCUT2D eigenvalue weighted by Gasteiger charge is -2.03. The average Bonchev–Trinajstić information content (AvgIpc) is 2.36. The molecule has 1 aliphatic rings. The molecule has 16 heavy (non-hydrogen) atoms. The lowest BCUT2D eigenvalue weighted by molar-refractivity contribution is 0.0542. The molecule has 0 aromatic carbocycles. The maximum atomic E-state index is 10.8. The second-order valence-corrected chi connectivity index (χ2v) is 3.52. The lowest BCUT2D eigenvalue weighted by Crippen LogP contribution is -2.08. The number of aliphatic hydroxyl groups is 2. The Morgan fingerprint density at radius 2 is 1.19 bits per heavy atom. The highest BCUT2D eigenvalue weighted by Crippen LogP contribution is 2.07. The SMILES string of the molecule is O=C1OCCCCCCCCO1.OCCO. The Kier molecular flexibility index (Phi) is 11.6. The molecule has 1 heterocycles. The molecule has 5 heteroatoms. The molecule has 0 bridgehead atoms. The third-order valence-electron chi connectivity index (χ3n) is 2.08. The van der Waals surface area contributed by atoms with Gasteiger partial charge in [0.15, 0.2) is 0 Å². The zero-order valence-corrected chi connectivity index (χ0v) is 9.69. The van der Waals surface area contributed by atoms with Crippen molar-refractivity contribution in [3.8, 4) is 0 Å². The van der Waals surface area contributed by atoms with Gasteiger partial charge in [-0.15, -0.1) is 0 Å². The summed E-state index contributed by atoms with van der Waals surface area (Å²) < 4.78 is 9.63. The number of carbonyl (C=O) groups is 1. The van der Waals surface area contributed by atoms with Crippen LogP contribution in [0.1, 0.15) is 38.5 Å². The van der Waals surface area contributed by atoms with E-state index in [1.807, 2.05) is 0 Å². The highest BCUT2D eigenvalue weighted by molar-refractivity contribution is 5.59. The molecule has 2 N–H and O–H groups in total. The van der Waals surface area contributed by atoms with Crippen LogP contribution in [0, 0.1) is 0 Å². The number of carbonyl (C=O) groups excluding carboxylic acids is 1. The molecule has 1 saturated heterocycles. The van der Waals surface area contributed by atoms with Crippen LogP contribution in [0.25, 0.3) is 0 Å². The molecule has 1 aliphatic heterocycles. The van der Waals surface area contributed by atoms with Crippen molar-refractivity contribution < 1.29 is 24.5 Å². The van der Waals surface area contributed by atoms with Crippen LogP contribution in [0.15, 0.2) is 0 Å². The number of aliphatic hydroxyl groups excluding tert-OH is 2. The Balaban J connectivity index is 0.000000487. The fourth-order valence-corrected chi connectivity index (χ4v) is 1.26. The second kappa shape index (κ2) is 12.3. The topological polar surface area (TPSA) is 76.0 Å². The molecule has 0 aromatic heterocycles. The molecule has 1 fully saturated rings. The van der Waals surface area contributed by atoms with Crippen LogP contribution in [-0.4, -0.2) is 42.8 Å². The molecule has 96 valence electrons. The Morgan fingerprint density at radius 1 is 0.812 bits per heavy atom. The highest BCUT2D eigenvalue weighted by Gasteiger charge is 2.04. The molecule has 0 amide bonds. The van der Waals surface area contributed by atoms with Gasteiger partial charge >= 0.3 is 6.16 Å². The third-order valence-corrected chi connectivity index (χ3v) is 2.08. The predicted molar refractivity (Wildman–Crippen MR) is 59.2 cm³/mol. The van der Waals surface area contributed by atoms with E-state index in [0.29, 0.717) is 13.2 Å². The second-order valence-electron chi connectivity index (χ2n) is 3.52. The van der Waals surface area contributed by atoms with E-state index in [-0.39, 0.29) is 13.2 Å². The van der Waals surface area contributed by atoms with Crippen molar-refractivity contribution in [2.24, 2.45) is 0 Å². The minimum atomic E-state index is -0.503. The number of rotatable bonds is 1. The van der Waals surface area contributed by atoms with Crippen molar-refractivity contribution in [1.29, 1.82) is 0 Å². The molecule has 0 radical (unpaired) electrons. The maximum Gasteiger partial charge on any atom is 0.508 e. The van der Waals surface area contributed by atoms with Crippen LogP contribution in [-0.2, 0) is 9.47 Å². The quantitative estimate of drug-likeness (QED) is 0.672. The van der Waals surface area contributed by atoms with Crippen LogP contribution in [0.3, 0.4) is 0 Å². The summed E-state index contributed by atoms with van der Waals surface area (Å²) in [7, 11) is 0. The van der Waals surface area contributed by atoms with E-state index in [4.69, 9.17) is 19.7 Å². The first-order valence-electron chi connectivity index (χ1n) is 5.82. The number of hydrogen-bond acceptors (Lipinski definition) is 5. The standard InChI is InChI=1S/C9H16O3.C2H6O2/c10-9-11-7-5-3-1-2-4-6-8-12-9;3-1-2-4/h1-8H2;3-4H,1-2H2. The summed E-state index contributed by atoms with van der Waals surface area (Å²) in [6, 6.07) is 0. The van der Waals surface area contributed by atoms with Gasteiger partial charge < -0.3 is 19.7 Å². The summed E-state index contributed by atoms with van der Waals surface area (Å²) in [5.74, 6) is 0. The van der Waals surface area contributed by atoms with E-state index < -0.39 is 6.16 Å².